The predicted octanol–water partition coefficient (Wildman–Crippen LogP) is 5.41. The van der Waals surface area contributed by atoms with Gasteiger partial charge in [-0.2, -0.15) is 0 Å². The van der Waals surface area contributed by atoms with Crippen LogP contribution in [-0.2, 0) is 17.9 Å². The summed E-state index contributed by atoms with van der Waals surface area (Å²) in [6, 6.07) is 21.8. The van der Waals surface area contributed by atoms with Gasteiger partial charge in [0.1, 0.15) is 0 Å². The standard InChI is InChI=1S/C29H41N3O/c1-2-13-28-18-9-11-23-32(28)29(33)19-21-30-20-10-12-22-31(24-26-14-5-3-6-15-26)25-27-16-7-4-8-17-27/h2-8,14-17,28,30H,1,9-13,18-25H2. The Balaban J connectivity index is 1.35. The van der Waals surface area contributed by atoms with Crippen LogP contribution in [0.5, 0.6) is 0 Å². The number of likely N-dealkylation sites (tertiary alicyclic amines) is 1. The summed E-state index contributed by atoms with van der Waals surface area (Å²) in [5, 5.41) is 3.49. The number of nitrogens with zero attached hydrogens (tertiary/aromatic N) is 2. The Morgan fingerprint density at radius 2 is 1.64 bits per heavy atom. The lowest BCUT2D eigenvalue weighted by molar-refractivity contribution is -0.134. The Hall–Kier alpha value is -2.43. The molecule has 1 fully saturated rings. The quantitative estimate of drug-likeness (QED) is 0.311. The molecule has 1 amide bonds. The lowest BCUT2D eigenvalue weighted by Gasteiger charge is -2.35. The molecule has 1 heterocycles. The lowest BCUT2D eigenvalue weighted by Crippen LogP contribution is -2.44. The van der Waals surface area contributed by atoms with Crippen LogP contribution in [0.25, 0.3) is 0 Å². The number of hydrogen-bond donors (Lipinski definition) is 1. The third-order valence-corrected chi connectivity index (χ3v) is 6.48. The van der Waals surface area contributed by atoms with Crippen LogP contribution < -0.4 is 5.32 Å². The second kappa shape index (κ2) is 14.7. The topological polar surface area (TPSA) is 35.6 Å². The van der Waals surface area contributed by atoms with Gasteiger partial charge in [0.05, 0.1) is 0 Å². The van der Waals surface area contributed by atoms with Gasteiger partial charge in [0.15, 0.2) is 0 Å². The number of carbonyl (C=O) groups is 1. The summed E-state index contributed by atoms with van der Waals surface area (Å²) >= 11 is 0. The first kappa shape index (κ1) is 25.2. The molecular formula is C29H41N3O. The summed E-state index contributed by atoms with van der Waals surface area (Å²) < 4.78 is 0. The maximum absolute atomic E-state index is 12.7. The van der Waals surface area contributed by atoms with Crippen LogP contribution >= 0.6 is 0 Å². The summed E-state index contributed by atoms with van der Waals surface area (Å²) in [6.07, 6.45) is 9.22. The van der Waals surface area contributed by atoms with E-state index in [1.165, 1.54) is 17.5 Å². The summed E-state index contributed by atoms with van der Waals surface area (Å²) in [4.78, 5) is 17.3. The van der Waals surface area contributed by atoms with E-state index in [2.05, 4.69) is 82.4 Å². The molecular weight excluding hydrogens is 406 g/mol. The van der Waals surface area contributed by atoms with Gasteiger partial charge in [-0.1, -0.05) is 66.7 Å². The van der Waals surface area contributed by atoms with Crippen LogP contribution in [0.4, 0.5) is 0 Å². The Morgan fingerprint density at radius 3 is 2.27 bits per heavy atom. The molecule has 1 atom stereocenters. The normalized spacial score (nSPS) is 16.2. The molecule has 178 valence electrons. The molecule has 3 rings (SSSR count). The van der Waals surface area contributed by atoms with Crippen molar-refractivity contribution < 1.29 is 4.79 Å². The molecule has 33 heavy (non-hydrogen) atoms. The minimum Gasteiger partial charge on any atom is -0.339 e. The first-order valence-electron chi connectivity index (χ1n) is 12.7. The second-order valence-corrected chi connectivity index (χ2v) is 9.15. The molecule has 2 aromatic rings. The summed E-state index contributed by atoms with van der Waals surface area (Å²) in [5.41, 5.74) is 2.72. The Labute approximate surface area is 200 Å². The fraction of sp³-hybridized carbons (Fsp3) is 0.483. The van der Waals surface area contributed by atoms with Gasteiger partial charge < -0.3 is 10.2 Å². The Kier molecular flexibility index (Phi) is 11.2. The fourth-order valence-corrected chi connectivity index (χ4v) is 4.71. The van der Waals surface area contributed by atoms with Crippen molar-refractivity contribution in [2.45, 2.75) is 64.1 Å². The molecule has 1 aliphatic heterocycles. The second-order valence-electron chi connectivity index (χ2n) is 9.15. The molecule has 0 spiro atoms. The van der Waals surface area contributed by atoms with Gasteiger partial charge in [-0.25, -0.2) is 0 Å². The maximum Gasteiger partial charge on any atom is 0.224 e. The molecule has 0 bridgehead atoms. The number of piperidine rings is 1. The minimum atomic E-state index is 0.297. The molecule has 0 aromatic heterocycles. The molecule has 0 aliphatic carbocycles. The Bertz CT molecular complexity index is 767. The zero-order valence-corrected chi connectivity index (χ0v) is 20.1. The minimum absolute atomic E-state index is 0.297. The van der Waals surface area contributed by atoms with E-state index >= 15 is 0 Å². The van der Waals surface area contributed by atoms with E-state index in [1.54, 1.807) is 0 Å². The van der Waals surface area contributed by atoms with Crippen molar-refractivity contribution in [3.05, 3.63) is 84.4 Å². The zero-order chi connectivity index (χ0) is 23.1. The third kappa shape index (κ3) is 9.15. The van der Waals surface area contributed by atoms with Gasteiger partial charge in [0, 0.05) is 38.6 Å². The van der Waals surface area contributed by atoms with E-state index in [4.69, 9.17) is 0 Å². The van der Waals surface area contributed by atoms with Crippen LogP contribution in [0.2, 0.25) is 0 Å². The smallest absolute Gasteiger partial charge is 0.224 e. The highest BCUT2D eigenvalue weighted by molar-refractivity contribution is 5.76. The highest BCUT2D eigenvalue weighted by atomic mass is 16.2. The van der Waals surface area contributed by atoms with Gasteiger partial charge in [0.2, 0.25) is 5.91 Å². The van der Waals surface area contributed by atoms with Crippen molar-refractivity contribution in [3.8, 4) is 0 Å². The van der Waals surface area contributed by atoms with Crippen molar-refractivity contribution in [1.82, 2.24) is 15.1 Å². The average molecular weight is 448 g/mol. The zero-order valence-electron chi connectivity index (χ0n) is 20.1. The number of amides is 1. The van der Waals surface area contributed by atoms with Gasteiger partial charge in [-0.3, -0.25) is 9.69 Å². The average Bonchev–Trinajstić information content (AvgIpc) is 2.85. The monoisotopic (exact) mass is 447 g/mol. The maximum atomic E-state index is 12.7. The Morgan fingerprint density at radius 1 is 0.970 bits per heavy atom. The van der Waals surface area contributed by atoms with Crippen LogP contribution in [0.3, 0.4) is 0 Å². The number of hydrogen-bond acceptors (Lipinski definition) is 3. The molecule has 1 N–H and O–H groups in total. The van der Waals surface area contributed by atoms with Crippen LogP contribution in [0.15, 0.2) is 73.3 Å². The number of benzene rings is 2. The van der Waals surface area contributed by atoms with Crippen molar-refractivity contribution in [3.63, 3.8) is 0 Å². The molecule has 4 heteroatoms. The highest BCUT2D eigenvalue weighted by Gasteiger charge is 2.24. The molecule has 0 radical (unpaired) electrons. The highest BCUT2D eigenvalue weighted by Crippen LogP contribution is 2.20. The number of nitrogens with one attached hydrogen (secondary N) is 1. The largest absolute Gasteiger partial charge is 0.339 e. The lowest BCUT2D eigenvalue weighted by atomic mass is 9.99. The first-order chi connectivity index (χ1) is 16.3. The fourth-order valence-electron chi connectivity index (χ4n) is 4.71. The van der Waals surface area contributed by atoms with Crippen LogP contribution in [-0.4, -0.2) is 47.9 Å². The van der Waals surface area contributed by atoms with E-state index in [9.17, 15) is 4.79 Å². The molecule has 0 saturated carbocycles. The number of carbonyl (C=O) groups excluding carboxylic acids is 1. The van der Waals surface area contributed by atoms with Gasteiger partial charge in [-0.15, -0.1) is 6.58 Å². The van der Waals surface area contributed by atoms with E-state index < -0.39 is 0 Å². The molecule has 1 unspecified atom stereocenters. The van der Waals surface area contributed by atoms with Crippen molar-refractivity contribution in [2.75, 3.05) is 26.2 Å². The van der Waals surface area contributed by atoms with Gasteiger partial charge in [0.25, 0.3) is 0 Å². The van der Waals surface area contributed by atoms with E-state index in [0.29, 0.717) is 18.4 Å². The third-order valence-electron chi connectivity index (χ3n) is 6.48. The van der Waals surface area contributed by atoms with E-state index in [0.717, 1.165) is 71.4 Å². The molecule has 2 aromatic carbocycles. The van der Waals surface area contributed by atoms with Gasteiger partial charge in [-0.05, 0) is 62.7 Å². The SMILES string of the molecule is C=CCC1CCCCN1C(=O)CCNCCCCN(Cc1ccccc1)Cc1ccccc1. The first-order valence-corrected chi connectivity index (χ1v) is 12.7. The van der Waals surface area contributed by atoms with Gasteiger partial charge >= 0.3 is 0 Å². The van der Waals surface area contributed by atoms with Crippen molar-refractivity contribution in [2.24, 2.45) is 0 Å². The van der Waals surface area contributed by atoms with Crippen molar-refractivity contribution >= 4 is 5.91 Å². The molecule has 4 nitrogen and oxygen atoms in total. The molecule has 1 saturated heterocycles. The summed E-state index contributed by atoms with van der Waals surface area (Å²) in [6.45, 7) is 9.52. The van der Waals surface area contributed by atoms with Crippen molar-refractivity contribution in [1.29, 1.82) is 0 Å². The summed E-state index contributed by atoms with van der Waals surface area (Å²) in [5.74, 6) is 0.297. The number of rotatable bonds is 14. The van der Waals surface area contributed by atoms with E-state index in [-0.39, 0.29) is 0 Å². The predicted molar refractivity (Wildman–Crippen MR) is 138 cm³/mol. The molecule has 1 aliphatic rings. The van der Waals surface area contributed by atoms with Crippen LogP contribution in [0.1, 0.15) is 56.1 Å². The van der Waals surface area contributed by atoms with E-state index in [1.807, 2.05) is 6.08 Å². The number of unbranched alkanes of at least 4 members (excludes halogenated alkanes) is 1. The summed E-state index contributed by atoms with van der Waals surface area (Å²) in [7, 11) is 0. The van der Waals surface area contributed by atoms with Crippen LogP contribution in [0, 0.1) is 0 Å².